The van der Waals surface area contributed by atoms with Crippen molar-refractivity contribution in [2.24, 2.45) is 11.7 Å². The lowest BCUT2D eigenvalue weighted by atomic mass is 10.1. The van der Waals surface area contributed by atoms with Crippen molar-refractivity contribution >= 4 is 5.91 Å². The minimum Gasteiger partial charge on any atom is -0.368 e. The van der Waals surface area contributed by atoms with Gasteiger partial charge in [-0.3, -0.25) is 4.79 Å². The van der Waals surface area contributed by atoms with Gasteiger partial charge in [0, 0.05) is 6.04 Å². The molecule has 2 aliphatic carbocycles. The van der Waals surface area contributed by atoms with E-state index in [-0.39, 0.29) is 11.4 Å². The number of primary amides is 1. The topological polar surface area (TPSA) is 55.1 Å². The van der Waals surface area contributed by atoms with Crippen molar-refractivity contribution in [1.29, 1.82) is 0 Å². The second kappa shape index (κ2) is 2.98. The molecule has 0 heterocycles. The van der Waals surface area contributed by atoms with Crippen LogP contribution in [0.25, 0.3) is 0 Å². The molecule has 0 aromatic carbocycles. The highest BCUT2D eigenvalue weighted by Crippen LogP contribution is 2.38. The molecule has 3 nitrogen and oxygen atoms in total. The molecule has 2 atom stereocenters. The third-order valence-electron chi connectivity index (χ3n) is 3.40. The van der Waals surface area contributed by atoms with Crippen LogP contribution in [-0.2, 0) is 4.79 Å². The Kier molecular flexibility index (Phi) is 2.06. The first-order chi connectivity index (χ1) is 6.12. The molecule has 0 bridgehead atoms. The number of hydrogen-bond acceptors (Lipinski definition) is 2. The summed E-state index contributed by atoms with van der Waals surface area (Å²) >= 11 is 0. The van der Waals surface area contributed by atoms with Gasteiger partial charge in [0.15, 0.2) is 0 Å². The van der Waals surface area contributed by atoms with Gasteiger partial charge in [-0.15, -0.1) is 0 Å². The predicted octanol–water partition coefficient (Wildman–Crippen LogP) is 0.782. The monoisotopic (exact) mass is 182 g/mol. The van der Waals surface area contributed by atoms with Crippen molar-refractivity contribution in [3.8, 4) is 0 Å². The Morgan fingerprint density at radius 1 is 1.46 bits per heavy atom. The summed E-state index contributed by atoms with van der Waals surface area (Å²) in [5.74, 6) is 0.647. The second-order valence-corrected chi connectivity index (χ2v) is 4.71. The average Bonchev–Trinajstić information content (AvgIpc) is 2.72. The number of nitrogens with one attached hydrogen (secondary N) is 1. The molecule has 0 aromatic heterocycles. The van der Waals surface area contributed by atoms with Gasteiger partial charge in [0.05, 0.1) is 5.54 Å². The van der Waals surface area contributed by atoms with Crippen LogP contribution in [-0.4, -0.2) is 17.5 Å². The Bertz CT molecular complexity index is 223. The van der Waals surface area contributed by atoms with Crippen LogP contribution in [0.4, 0.5) is 0 Å². The van der Waals surface area contributed by atoms with Crippen LogP contribution < -0.4 is 11.1 Å². The summed E-state index contributed by atoms with van der Waals surface area (Å²) < 4.78 is 0. The van der Waals surface area contributed by atoms with E-state index in [2.05, 4.69) is 12.2 Å². The number of hydrogen-bond donors (Lipinski definition) is 2. The zero-order chi connectivity index (χ0) is 9.47. The Morgan fingerprint density at radius 3 is 2.54 bits per heavy atom. The van der Waals surface area contributed by atoms with Crippen LogP contribution in [0.15, 0.2) is 0 Å². The maximum Gasteiger partial charge on any atom is 0.237 e. The van der Waals surface area contributed by atoms with Crippen molar-refractivity contribution < 1.29 is 4.79 Å². The first-order valence-corrected chi connectivity index (χ1v) is 5.20. The fourth-order valence-electron chi connectivity index (χ4n) is 2.32. The van der Waals surface area contributed by atoms with E-state index in [4.69, 9.17) is 5.73 Å². The van der Waals surface area contributed by atoms with Crippen LogP contribution in [0.5, 0.6) is 0 Å². The fourth-order valence-corrected chi connectivity index (χ4v) is 2.32. The van der Waals surface area contributed by atoms with Gasteiger partial charge in [-0.2, -0.15) is 0 Å². The van der Waals surface area contributed by atoms with E-state index in [1.807, 2.05) is 0 Å². The second-order valence-electron chi connectivity index (χ2n) is 4.71. The van der Waals surface area contributed by atoms with Crippen molar-refractivity contribution in [2.45, 2.75) is 50.6 Å². The predicted molar refractivity (Wildman–Crippen MR) is 51.1 cm³/mol. The fraction of sp³-hybridized carbons (Fsp3) is 0.900. The summed E-state index contributed by atoms with van der Waals surface area (Å²) in [6, 6.07) is 0.532. The molecule has 0 aliphatic heterocycles. The molecule has 2 fully saturated rings. The van der Waals surface area contributed by atoms with Gasteiger partial charge in [0.25, 0.3) is 0 Å². The SMILES string of the molecule is CC1CCC(NC2(C(N)=O)CC2)C1. The van der Waals surface area contributed by atoms with Gasteiger partial charge >= 0.3 is 0 Å². The van der Waals surface area contributed by atoms with Gasteiger partial charge in [-0.1, -0.05) is 6.92 Å². The Hall–Kier alpha value is -0.570. The minimum absolute atomic E-state index is 0.160. The van der Waals surface area contributed by atoms with Crippen molar-refractivity contribution in [2.75, 3.05) is 0 Å². The molecular weight excluding hydrogens is 164 g/mol. The minimum atomic E-state index is -0.311. The van der Waals surface area contributed by atoms with Gasteiger partial charge < -0.3 is 11.1 Å². The molecule has 0 spiro atoms. The van der Waals surface area contributed by atoms with E-state index in [1.165, 1.54) is 19.3 Å². The number of rotatable bonds is 3. The number of amides is 1. The molecule has 2 unspecified atom stereocenters. The molecule has 0 radical (unpaired) electrons. The van der Waals surface area contributed by atoms with Gasteiger partial charge in [-0.25, -0.2) is 0 Å². The highest BCUT2D eigenvalue weighted by molar-refractivity contribution is 5.87. The van der Waals surface area contributed by atoms with Crippen molar-refractivity contribution in [3.63, 3.8) is 0 Å². The molecule has 1 amide bonds. The Morgan fingerprint density at radius 2 is 2.15 bits per heavy atom. The lowest BCUT2D eigenvalue weighted by Gasteiger charge is -2.19. The van der Waals surface area contributed by atoms with Crippen molar-refractivity contribution in [3.05, 3.63) is 0 Å². The van der Waals surface area contributed by atoms with Crippen LogP contribution >= 0.6 is 0 Å². The molecule has 2 saturated carbocycles. The molecule has 3 N–H and O–H groups in total. The Balaban J connectivity index is 1.88. The summed E-state index contributed by atoms with van der Waals surface area (Å²) in [6.07, 6.45) is 5.57. The highest BCUT2D eigenvalue weighted by Gasteiger charge is 2.49. The maximum absolute atomic E-state index is 11.1. The average molecular weight is 182 g/mol. The summed E-state index contributed by atoms with van der Waals surface area (Å²) in [5.41, 5.74) is 5.03. The molecule has 2 aliphatic rings. The number of carbonyl (C=O) groups is 1. The summed E-state index contributed by atoms with van der Waals surface area (Å²) in [6.45, 7) is 2.27. The summed E-state index contributed by atoms with van der Waals surface area (Å²) in [4.78, 5) is 11.1. The summed E-state index contributed by atoms with van der Waals surface area (Å²) in [5, 5.41) is 3.42. The number of nitrogens with two attached hydrogens (primary N) is 1. The summed E-state index contributed by atoms with van der Waals surface area (Å²) in [7, 11) is 0. The number of carbonyl (C=O) groups excluding carboxylic acids is 1. The molecule has 74 valence electrons. The normalized spacial score (nSPS) is 36.1. The first kappa shape index (κ1) is 9.00. The Labute approximate surface area is 79.1 Å². The maximum atomic E-state index is 11.1. The van der Waals surface area contributed by atoms with Crippen LogP contribution in [0.3, 0.4) is 0 Å². The molecule has 0 saturated heterocycles. The zero-order valence-corrected chi connectivity index (χ0v) is 8.18. The van der Waals surface area contributed by atoms with E-state index >= 15 is 0 Å². The van der Waals surface area contributed by atoms with Crippen LogP contribution in [0, 0.1) is 5.92 Å². The standard InChI is InChI=1S/C10H18N2O/c1-7-2-3-8(6-7)12-10(4-5-10)9(11)13/h7-8,12H,2-6H2,1H3,(H2,11,13). The first-order valence-electron chi connectivity index (χ1n) is 5.20. The third-order valence-corrected chi connectivity index (χ3v) is 3.40. The highest BCUT2D eigenvalue weighted by atomic mass is 16.1. The van der Waals surface area contributed by atoms with E-state index in [1.54, 1.807) is 0 Å². The quantitative estimate of drug-likeness (QED) is 0.677. The van der Waals surface area contributed by atoms with Gasteiger partial charge in [0.2, 0.25) is 5.91 Å². The smallest absolute Gasteiger partial charge is 0.237 e. The molecular formula is C10H18N2O. The lowest BCUT2D eigenvalue weighted by molar-refractivity contribution is -0.121. The van der Waals surface area contributed by atoms with E-state index in [0.29, 0.717) is 6.04 Å². The van der Waals surface area contributed by atoms with E-state index < -0.39 is 0 Å². The lowest BCUT2D eigenvalue weighted by Crippen LogP contribution is -2.47. The molecule has 0 aromatic rings. The van der Waals surface area contributed by atoms with Crippen molar-refractivity contribution in [1.82, 2.24) is 5.32 Å². The van der Waals surface area contributed by atoms with Crippen LogP contribution in [0.2, 0.25) is 0 Å². The molecule has 3 heteroatoms. The largest absolute Gasteiger partial charge is 0.368 e. The molecule has 2 rings (SSSR count). The van der Waals surface area contributed by atoms with Gasteiger partial charge in [0.1, 0.15) is 0 Å². The van der Waals surface area contributed by atoms with E-state index in [0.717, 1.165) is 18.8 Å². The molecule has 13 heavy (non-hydrogen) atoms. The zero-order valence-electron chi connectivity index (χ0n) is 8.18. The van der Waals surface area contributed by atoms with Crippen LogP contribution in [0.1, 0.15) is 39.0 Å². The van der Waals surface area contributed by atoms with Gasteiger partial charge in [-0.05, 0) is 38.0 Å². The van der Waals surface area contributed by atoms with E-state index in [9.17, 15) is 4.79 Å². The third kappa shape index (κ3) is 1.70.